The molecule has 49 heavy (non-hydrogen) atoms. The SMILES string of the molecule is C.C.CCC[C@@H](CCO)Nc1nc(NC(C)=O)ncc1O.CCC[C@@H](CCO)Nc1nc(NC(C)=O)ncc1OCc1ccccc1.S.S. The molecule has 278 valence electrons. The lowest BCUT2D eigenvalue weighted by molar-refractivity contribution is -0.115. The fraction of sp³-hybridized carbons (Fsp3) is 0.515. The molecule has 1 aromatic carbocycles. The summed E-state index contributed by atoms with van der Waals surface area (Å²) < 4.78 is 5.88. The number of carbonyl (C=O) groups excluding carboxylic acids is 2. The molecule has 2 heterocycles. The number of aliphatic hydroxyl groups excluding tert-OH is 2. The van der Waals surface area contributed by atoms with Crippen molar-refractivity contribution < 1.29 is 29.6 Å². The number of nitrogens with one attached hydrogen (secondary N) is 4. The van der Waals surface area contributed by atoms with E-state index in [-0.39, 0.29) is 102 Å². The van der Waals surface area contributed by atoms with Gasteiger partial charge in [-0.2, -0.15) is 37.0 Å². The van der Waals surface area contributed by atoms with Crippen molar-refractivity contribution in [3.8, 4) is 11.5 Å². The summed E-state index contributed by atoms with van der Waals surface area (Å²) >= 11 is 0. The van der Waals surface area contributed by atoms with Gasteiger partial charge in [0.15, 0.2) is 23.1 Å². The van der Waals surface area contributed by atoms with Crippen LogP contribution in [0.3, 0.4) is 0 Å². The van der Waals surface area contributed by atoms with Crippen molar-refractivity contribution >= 4 is 62.3 Å². The average molecular weight is 727 g/mol. The van der Waals surface area contributed by atoms with Gasteiger partial charge < -0.3 is 30.7 Å². The summed E-state index contributed by atoms with van der Waals surface area (Å²) in [5.41, 5.74) is 1.03. The Bertz CT molecular complexity index is 1320. The number of ether oxygens (including phenoxy) is 1. The Labute approximate surface area is 305 Å². The number of amides is 2. The number of aromatic hydroxyl groups is 1. The van der Waals surface area contributed by atoms with E-state index in [2.05, 4.69) is 48.1 Å². The van der Waals surface area contributed by atoms with E-state index >= 15 is 0 Å². The molecule has 7 N–H and O–H groups in total. The summed E-state index contributed by atoms with van der Waals surface area (Å²) in [5, 5.41) is 39.3. The Kier molecular flexibility index (Phi) is 28.3. The van der Waals surface area contributed by atoms with Gasteiger partial charge in [0.05, 0.1) is 12.4 Å². The number of aromatic nitrogens is 4. The van der Waals surface area contributed by atoms with E-state index in [9.17, 15) is 19.8 Å². The molecule has 16 heteroatoms. The molecule has 2 aromatic heterocycles. The van der Waals surface area contributed by atoms with Crippen molar-refractivity contribution in [1.29, 1.82) is 0 Å². The highest BCUT2D eigenvalue weighted by molar-refractivity contribution is 7.59. The molecule has 0 aliphatic heterocycles. The third-order valence-corrected chi connectivity index (χ3v) is 6.25. The molecule has 0 aliphatic carbocycles. The molecule has 2 amide bonds. The van der Waals surface area contributed by atoms with Gasteiger partial charge in [-0.1, -0.05) is 71.9 Å². The van der Waals surface area contributed by atoms with Crippen LogP contribution in [0.5, 0.6) is 11.5 Å². The molecule has 3 aromatic rings. The minimum atomic E-state index is -0.280. The minimum Gasteiger partial charge on any atom is -0.503 e. The van der Waals surface area contributed by atoms with Gasteiger partial charge in [-0.3, -0.25) is 20.2 Å². The monoisotopic (exact) mass is 726 g/mol. The lowest BCUT2D eigenvalue weighted by Gasteiger charge is -2.20. The number of benzene rings is 1. The van der Waals surface area contributed by atoms with Crippen LogP contribution in [0.25, 0.3) is 0 Å². The van der Waals surface area contributed by atoms with E-state index in [1.807, 2.05) is 37.3 Å². The molecule has 0 bridgehead atoms. The summed E-state index contributed by atoms with van der Waals surface area (Å²) in [6, 6.07) is 9.88. The highest BCUT2D eigenvalue weighted by Gasteiger charge is 2.15. The first kappa shape index (κ1) is 49.5. The van der Waals surface area contributed by atoms with Crippen LogP contribution in [0.2, 0.25) is 0 Å². The Morgan fingerprint density at radius 2 is 1.22 bits per heavy atom. The van der Waals surface area contributed by atoms with Crippen molar-refractivity contribution in [3.63, 3.8) is 0 Å². The Hall–Kier alpha value is -3.86. The third kappa shape index (κ3) is 19.7. The number of rotatable bonds is 17. The molecule has 0 spiro atoms. The third-order valence-electron chi connectivity index (χ3n) is 6.25. The second kappa shape index (κ2) is 28.0. The van der Waals surface area contributed by atoms with Gasteiger partial charge in [0.1, 0.15) is 6.61 Å². The first-order valence-corrected chi connectivity index (χ1v) is 15.1. The summed E-state index contributed by atoms with van der Waals surface area (Å²) in [6.45, 7) is 7.41. The van der Waals surface area contributed by atoms with Gasteiger partial charge in [-0.05, 0) is 31.2 Å². The molecule has 0 saturated carbocycles. The van der Waals surface area contributed by atoms with Crippen LogP contribution in [0.4, 0.5) is 23.5 Å². The zero-order valence-electron chi connectivity index (χ0n) is 27.4. The van der Waals surface area contributed by atoms with Crippen molar-refractivity contribution in [1.82, 2.24) is 19.9 Å². The molecule has 0 radical (unpaired) electrons. The lowest BCUT2D eigenvalue weighted by atomic mass is 10.1. The van der Waals surface area contributed by atoms with Gasteiger partial charge in [-0.15, -0.1) is 0 Å². The molecule has 0 aliphatic rings. The van der Waals surface area contributed by atoms with Crippen LogP contribution in [0.15, 0.2) is 42.7 Å². The molecular weight excluding hydrogens is 669 g/mol. The van der Waals surface area contributed by atoms with E-state index in [1.54, 1.807) is 6.20 Å². The number of anilines is 4. The maximum absolute atomic E-state index is 11.3. The summed E-state index contributed by atoms with van der Waals surface area (Å²) in [5.74, 6) is 0.997. The Balaban J connectivity index is -0.000000831. The zero-order valence-corrected chi connectivity index (χ0v) is 29.4. The minimum absolute atomic E-state index is 0. The quantitative estimate of drug-likeness (QED) is 0.0912. The van der Waals surface area contributed by atoms with Crippen molar-refractivity contribution in [2.45, 2.75) is 99.8 Å². The molecule has 3 rings (SSSR count). The number of aliphatic hydroxyl groups is 2. The van der Waals surface area contributed by atoms with E-state index < -0.39 is 0 Å². The molecule has 2 atom stereocenters. The fourth-order valence-electron chi connectivity index (χ4n) is 4.20. The topological polar surface area (TPSA) is 204 Å². The van der Waals surface area contributed by atoms with Crippen LogP contribution in [0.1, 0.15) is 86.6 Å². The first-order chi connectivity index (χ1) is 21.7. The summed E-state index contributed by atoms with van der Waals surface area (Å²) in [7, 11) is 0. The second-order valence-corrected chi connectivity index (χ2v) is 10.3. The van der Waals surface area contributed by atoms with Crippen molar-refractivity contribution in [2.24, 2.45) is 0 Å². The summed E-state index contributed by atoms with van der Waals surface area (Å²) in [4.78, 5) is 38.5. The first-order valence-electron chi connectivity index (χ1n) is 15.1. The highest BCUT2D eigenvalue weighted by Crippen LogP contribution is 2.26. The van der Waals surface area contributed by atoms with E-state index in [4.69, 9.17) is 9.84 Å². The predicted molar refractivity (Wildman–Crippen MR) is 207 cm³/mol. The van der Waals surface area contributed by atoms with E-state index in [0.717, 1.165) is 31.2 Å². The van der Waals surface area contributed by atoms with Crippen LogP contribution < -0.4 is 26.0 Å². The van der Waals surface area contributed by atoms with Gasteiger partial charge in [0.2, 0.25) is 23.7 Å². The summed E-state index contributed by atoms with van der Waals surface area (Å²) in [6.07, 6.45) is 7.59. The largest absolute Gasteiger partial charge is 0.503 e. The van der Waals surface area contributed by atoms with Crippen molar-refractivity contribution in [3.05, 3.63) is 48.3 Å². The number of nitrogens with zero attached hydrogens (tertiary/aromatic N) is 4. The smallest absolute Gasteiger partial charge is 0.231 e. The molecule has 0 fully saturated rings. The van der Waals surface area contributed by atoms with Crippen LogP contribution in [0, 0.1) is 0 Å². The standard InChI is InChI=1S/C19H26N4O3.C12H20N4O3.2CH4.2H2S/c1-3-7-16(10-11-24)22-18-17(12-20-19(23-18)21-14(2)25)26-13-15-8-5-4-6-9-15;1-3-4-9(5-6-17)15-11-10(19)7-13-12(16-11)14-8(2)18;;;;/h4-6,8-9,12,16,24H,3,7,10-11,13H2,1-2H3,(H2,20,21,22,23,25);7,9,17,19H,3-6H2,1-2H3,(H2,13,14,15,16,18);2*1H4;2*1H2/t16-;9-;;;;/m00..../s1. The van der Waals surface area contributed by atoms with E-state index in [1.165, 1.54) is 20.0 Å². The second-order valence-electron chi connectivity index (χ2n) is 10.3. The number of hydrogen-bond acceptors (Lipinski definition) is 12. The fourth-order valence-corrected chi connectivity index (χ4v) is 4.20. The predicted octanol–water partition coefficient (Wildman–Crippen LogP) is 5.58. The average Bonchev–Trinajstić information content (AvgIpc) is 2.99. The van der Waals surface area contributed by atoms with Crippen LogP contribution in [-0.4, -0.2) is 72.4 Å². The van der Waals surface area contributed by atoms with Gasteiger partial charge >= 0.3 is 0 Å². The van der Waals surface area contributed by atoms with Crippen LogP contribution in [-0.2, 0) is 16.2 Å². The molecule has 0 unspecified atom stereocenters. The lowest BCUT2D eigenvalue weighted by Crippen LogP contribution is -2.22. The van der Waals surface area contributed by atoms with Gasteiger partial charge in [0.25, 0.3) is 0 Å². The van der Waals surface area contributed by atoms with Crippen molar-refractivity contribution in [2.75, 3.05) is 34.5 Å². The number of hydrogen-bond donors (Lipinski definition) is 7. The van der Waals surface area contributed by atoms with E-state index in [0.29, 0.717) is 31.0 Å². The molecular formula is C33H58N8O6S2. The molecule has 0 saturated heterocycles. The maximum atomic E-state index is 11.3. The Morgan fingerprint density at radius 3 is 1.69 bits per heavy atom. The van der Waals surface area contributed by atoms with Crippen LogP contribution >= 0.6 is 27.0 Å². The highest BCUT2D eigenvalue weighted by atomic mass is 32.1. The maximum Gasteiger partial charge on any atom is 0.231 e. The zero-order chi connectivity index (χ0) is 33.0. The molecule has 14 nitrogen and oxygen atoms in total. The van der Waals surface area contributed by atoms with Gasteiger partial charge in [0, 0.05) is 39.1 Å². The van der Waals surface area contributed by atoms with Gasteiger partial charge in [-0.25, -0.2) is 9.97 Å². The normalized spacial score (nSPS) is 10.8. The Morgan fingerprint density at radius 1 is 0.755 bits per heavy atom. The number of carbonyl (C=O) groups is 2.